The van der Waals surface area contributed by atoms with Gasteiger partial charge in [-0.3, -0.25) is 5.32 Å². The Morgan fingerprint density at radius 1 is 1.33 bits per heavy atom. The Bertz CT molecular complexity index is 624. The van der Waals surface area contributed by atoms with Gasteiger partial charge >= 0.3 is 16.3 Å². The first kappa shape index (κ1) is 17.4. The van der Waals surface area contributed by atoms with Crippen LogP contribution in [0.1, 0.15) is 26.3 Å². The van der Waals surface area contributed by atoms with Gasteiger partial charge in [-0.1, -0.05) is 0 Å². The van der Waals surface area contributed by atoms with E-state index in [2.05, 4.69) is 5.32 Å². The van der Waals surface area contributed by atoms with E-state index in [1.807, 2.05) is 0 Å². The predicted octanol–water partition coefficient (Wildman–Crippen LogP) is 3.01. The average molecular weight is 321 g/mol. The molecule has 0 aliphatic carbocycles. The molecule has 5 nitrogen and oxygen atoms in total. The van der Waals surface area contributed by atoms with Crippen LogP contribution < -0.4 is 5.32 Å². The second-order valence-electron chi connectivity index (χ2n) is 5.42. The molecule has 0 bridgehead atoms. The van der Waals surface area contributed by atoms with Crippen molar-refractivity contribution in [2.24, 2.45) is 0 Å². The molecule has 118 valence electrons. The topological polar surface area (TPSA) is 72.5 Å². The number of ether oxygens (including phenoxy) is 1. The Labute approximate surface area is 122 Å². The summed E-state index contributed by atoms with van der Waals surface area (Å²) in [5.74, 6) is -1.41. The van der Waals surface area contributed by atoms with Gasteiger partial charge in [-0.15, -0.1) is 3.89 Å². The fraction of sp³-hybridized carbons (Fsp3) is 0.462. The molecule has 1 aromatic carbocycles. The van der Waals surface area contributed by atoms with Crippen LogP contribution in [0, 0.1) is 5.82 Å². The van der Waals surface area contributed by atoms with Gasteiger partial charge in [0, 0.05) is 5.69 Å². The van der Waals surface area contributed by atoms with E-state index in [1.54, 1.807) is 20.8 Å². The molecular weight excluding hydrogens is 304 g/mol. The molecule has 0 aliphatic rings. The zero-order valence-corrected chi connectivity index (χ0v) is 12.8. The molecule has 0 spiro atoms. The molecule has 1 aromatic rings. The molecule has 1 amide bonds. The van der Waals surface area contributed by atoms with Gasteiger partial charge in [0.05, 0.1) is 5.75 Å². The number of nitrogens with one attached hydrogen (secondary N) is 1. The third-order valence-corrected chi connectivity index (χ3v) is 3.01. The number of amides is 1. The van der Waals surface area contributed by atoms with Gasteiger partial charge in [-0.05, 0) is 51.0 Å². The number of halogens is 2. The fourth-order valence-electron chi connectivity index (χ4n) is 1.54. The van der Waals surface area contributed by atoms with Crippen molar-refractivity contribution in [1.29, 1.82) is 0 Å². The van der Waals surface area contributed by atoms with E-state index in [1.165, 1.54) is 6.07 Å². The minimum atomic E-state index is -4.68. The van der Waals surface area contributed by atoms with Crippen LogP contribution in [0.15, 0.2) is 18.2 Å². The molecule has 21 heavy (non-hydrogen) atoms. The second-order valence-corrected chi connectivity index (χ2v) is 6.91. The molecule has 0 saturated carbocycles. The number of hydrogen-bond acceptors (Lipinski definition) is 4. The van der Waals surface area contributed by atoms with E-state index in [-0.39, 0.29) is 17.7 Å². The highest BCUT2D eigenvalue weighted by Gasteiger charge is 2.18. The molecule has 1 N–H and O–H groups in total. The molecule has 0 atom stereocenters. The maximum absolute atomic E-state index is 13.2. The van der Waals surface area contributed by atoms with Crippen molar-refractivity contribution in [2.45, 2.75) is 32.8 Å². The summed E-state index contributed by atoms with van der Waals surface area (Å²) in [5.41, 5.74) is -0.372. The lowest BCUT2D eigenvalue weighted by molar-refractivity contribution is 0.0635. The summed E-state index contributed by atoms with van der Waals surface area (Å²) in [4.78, 5) is 11.6. The van der Waals surface area contributed by atoms with Crippen LogP contribution in [0.2, 0.25) is 0 Å². The summed E-state index contributed by atoms with van der Waals surface area (Å²) in [7, 11) is -4.68. The second kappa shape index (κ2) is 6.38. The first-order valence-corrected chi connectivity index (χ1v) is 7.72. The van der Waals surface area contributed by atoms with Gasteiger partial charge in [0.2, 0.25) is 0 Å². The van der Waals surface area contributed by atoms with Crippen molar-refractivity contribution >= 4 is 22.0 Å². The summed E-state index contributed by atoms with van der Waals surface area (Å²) in [6.07, 6.45) is -1.03. The van der Waals surface area contributed by atoms with E-state index in [0.29, 0.717) is 0 Å². The van der Waals surface area contributed by atoms with E-state index < -0.39 is 33.5 Å². The Morgan fingerprint density at radius 3 is 2.48 bits per heavy atom. The fourth-order valence-corrected chi connectivity index (χ4v) is 2.00. The van der Waals surface area contributed by atoms with Crippen molar-refractivity contribution in [1.82, 2.24) is 0 Å². The lowest BCUT2D eigenvalue weighted by Crippen LogP contribution is -2.27. The highest BCUT2D eigenvalue weighted by atomic mass is 32.3. The molecule has 8 heteroatoms. The summed E-state index contributed by atoms with van der Waals surface area (Å²) in [5, 5.41) is 2.39. The molecular formula is C13H17F2NO4S. The maximum atomic E-state index is 13.2. The van der Waals surface area contributed by atoms with Gasteiger partial charge in [0.25, 0.3) is 0 Å². The van der Waals surface area contributed by atoms with Crippen LogP contribution in [-0.2, 0) is 21.4 Å². The zero-order valence-electron chi connectivity index (χ0n) is 11.9. The number of aryl methyl sites for hydroxylation is 1. The van der Waals surface area contributed by atoms with E-state index in [9.17, 15) is 21.5 Å². The molecule has 0 unspecified atom stereocenters. The Hall–Kier alpha value is -1.70. The minimum absolute atomic E-state index is 0.169. The quantitative estimate of drug-likeness (QED) is 0.865. The first-order valence-electron chi connectivity index (χ1n) is 6.17. The van der Waals surface area contributed by atoms with E-state index in [4.69, 9.17) is 4.74 Å². The predicted molar refractivity (Wildman–Crippen MR) is 74.9 cm³/mol. The first-order chi connectivity index (χ1) is 9.46. The average Bonchev–Trinajstić information content (AvgIpc) is 2.26. The Morgan fingerprint density at radius 2 is 1.95 bits per heavy atom. The van der Waals surface area contributed by atoms with Gasteiger partial charge in [0.15, 0.2) is 0 Å². The smallest absolute Gasteiger partial charge is 0.412 e. The minimum Gasteiger partial charge on any atom is -0.444 e. The highest BCUT2D eigenvalue weighted by Crippen LogP contribution is 2.20. The van der Waals surface area contributed by atoms with Gasteiger partial charge in [-0.25, -0.2) is 9.18 Å². The molecule has 0 aliphatic heterocycles. The monoisotopic (exact) mass is 321 g/mol. The number of carbonyl (C=O) groups excluding carboxylic acids is 1. The molecule has 0 saturated heterocycles. The van der Waals surface area contributed by atoms with Crippen molar-refractivity contribution < 1.29 is 26.2 Å². The highest BCUT2D eigenvalue weighted by molar-refractivity contribution is 7.86. The van der Waals surface area contributed by atoms with E-state index >= 15 is 0 Å². The molecule has 0 radical (unpaired) electrons. The van der Waals surface area contributed by atoms with Crippen molar-refractivity contribution in [3.63, 3.8) is 0 Å². The van der Waals surface area contributed by atoms with Crippen molar-refractivity contribution in [3.05, 3.63) is 29.6 Å². The van der Waals surface area contributed by atoms with Gasteiger partial charge in [-0.2, -0.15) is 8.42 Å². The third-order valence-electron chi connectivity index (χ3n) is 2.32. The van der Waals surface area contributed by atoms with Crippen LogP contribution in [0.25, 0.3) is 0 Å². The Kier molecular flexibility index (Phi) is 5.27. The lowest BCUT2D eigenvalue weighted by Gasteiger charge is -2.20. The molecule has 0 aromatic heterocycles. The van der Waals surface area contributed by atoms with Gasteiger partial charge < -0.3 is 4.74 Å². The van der Waals surface area contributed by atoms with Crippen molar-refractivity contribution in [2.75, 3.05) is 11.1 Å². The molecule has 0 fully saturated rings. The lowest BCUT2D eigenvalue weighted by atomic mass is 10.1. The number of hydrogen-bond donors (Lipinski definition) is 1. The third kappa shape index (κ3) is 7.03. The van der Waals surface area contributed by atoms with Crippen LogP contribution in [0.3, 0.4) is 0 Å². The SMILES string of the molecule is CC(C)(C)OC(=O)Nc1ccc(F)cc1CCS(=O)(=O)F. The summed E-state index contributed by atoms with van der Waals surface area (Å²) >= 11 is 0. The van der Waals surface area contributed by atoms with E-state index in [0.717, 1.165) is 12.1 Å². The number of rotatable bonds is 4. The maximum Gasteiger partial charge on any atom is 0.412 e. The Balaban J connectivity index is 2.89. The normalized spacial score (nSPS) is 12.0. The molecule has 0 heterocycles. The summed E-state index contributed by atoms with van der Waals surface area (Å²) in [6.45, 7) is 5.02. The van der Waals surface area contributed by atoms with Crippen LogP contribution in [0.5, 0.6) is 0 Å². The number of carbonyl (C=O) groups is 1. The van der Waals surface area contributed by atoms with Crippen LogP contribution in [0.4, 0.5) is 18.8 Å². The summed E-state index contributed by atoms with van der Waals surface area (Å²) in [6, 6.07) is 3.40. The largest absolute Gasteiger partial charge is 0.444 e. The standard InChI is InChI=1S/C13H17F2NO4S/c1-13(2,3)20-12(17)16-11-5-4-10(14)8-9(11)6-7-21(15,18)19/h4-5,8H,6-7H2,1-3H3,(H,16,17). The molecule has 1 rings (SSSR count). The number of benzene rings is 1. The van der Waals surface area contributed by atoms with Gasteiger partial charge in [0.1, 0.15) is 11.4 Å². The zero-order chi connectivity index (χ0) is 16.3. The summed E-state index contributed by atoms with van der Waals surface area (Å²) < 4.78 is 51.9. The van der Waals surface area contributed by atoms with Crippen LogP contribution in [-0.4, -0.2) is 25.9 Å². The van der Waals surface area contributed by atoms with Crippen molar-refractivity contribution in [3.8, 4) is 0 Å². The number of anilines is 1. The van der Waals surface area contributed by atoms with Crippen LogP contribution >= 0.6 is 0 Å².